The Balaban J connectivity index is 1.80. The van der Waals surface area contributed by atoms with E-state index in [1.54, 1.807) is 0 Å². The van der Waals surface area contributed by atoms with Crippen molar-refractivity contribution in [2.24, 2.45) is 0 Å². The summed E-state index contributed by atoms with van der Waals surface area (Å²) in [6, 6.07) is 7.39. The minimum absolute atomic E-state index is 0.0689. The molecule has 166 valence electrons. The topological polar surface area (TPSA) is 46.5 Å². The highest BCUT2D eigenvalue weighted by Gasteiger charge is 2.01. The Bertz CT molecular complexity index is 495. The van der Waals surface area contributed by atoms with Crippen LogP contribution in [0.4, 0.5) is 0 Å². The van der Waals surface area contributed by atoms with Crippen molar-refractivity contribution >= 4 is 5.97 Å². The van der Waals surface area contributed by atoms with Gasteiger partial charge in [0.05, 0.1) is 13.0 Å². The molecule has 0 aromatic heterocycles. The summed E-state index contributed by atoms with van der Waals surface area (Å²) in [5.41, 5.74) is 0.812. The van der Waals surface area contributed by atoms with Gasteiger partial charge in [0.15, 0.2) is 0 Å². The molecule has 0 aliphatic rings. The molecule has 0 bridgehead atoms. The van der Waals surface area contributed by atoms with Gasteiger partial charge in [-0.1, -0.05) is 115 Å². The maximum Gasteiger partial charge on any atom is 0.307 e. The van der Waals surface area contributed by atoms with Crippen LogP contribution < -0.4 is 4.74 Å². The van der Waals surface area contributed by atoms with Crippen LogP contribution in [0.1, 0.15) is 115 Å². The van der Waals surface area contributed by atoms with E-state index >= 15 is 0 Å². The summed E-state index contributed by atoms with van der Waals surface area (Å²) in [5, 5.41) is 8.77. The van der Waals surface area contributed by atoms with Crippen LogP contribution in [0.25, 0.3) is 0 Å². The summed E-state index contributed by atoms with van der Waals surface area (Å²) >= 11 is 0. The molecule has 0 aliphatic heterocycles. The SMILES string of the molecule is CCCCCCCCCCCCCCCCCCOc1ccc(CC(=O)O)cc1. The summed E-state index contributed by atoms with van der Waals surface area (Å²) in [4.78, 5) is 10.7. The number of benzene rings is 1. The van der Waals surface area contributed by atoms with E-state index in [0.717, 1.165) is 24.3 Å². The van der Waals surface area contributed by atoms with Crippen LogP contribution in [0.5, 0.6) is 5.75 Å². The van der Waals surface area contributed by atoms with Gasteiger partial charge in [-0.2, -0.15) is 0 Å². The first-order valence-electron chi connectivity index (χ1n) is 12.2. The number of carboxylic acids is 1. The Labute approximate surface area is 179 Å². The Morgan fingerprint density at radius 2 is 1.10 bits per heavy atom. The zero-order chi connectivity index (χ0) is 21.0. The van der Waals surface area contributed by atoms with Crippen LogP contribution >= 0.6 is 0 Å². The third-order valence-corrected chi connectivity index (χ3v) is 5.55. The molecule has 1 aromatic carbocycles. The van der Waals surface area contributed by atoms with Crippen LogP contribution in [0.3, 0.4) is 0 Å². The number of rotatable bonds is 20. The van der Waals surface area contributed by atoms with E-state index in [1.165, 1.54) is 96.3 Å². The molecule has 0 atom stereocenters. The predicted octanol–water partition coefficient (Wildman–Crippen LogP) is 7.95. The molecule has 29 heavy (non-hydrogen) atoms. The van der Waals surface area contributed by atoms with E-state index in [2.05, 4.69) is 6.92 Å². The lowest BCUT2D eigenvalue weighted by atomic mass is 10.0. The van der Waals surface area contributed by atoms with Crippen molar-refractivity contribution < 1.29 is 14.6 Å². The number of carboxylic acid groups (broad SMARTS) is 1. The number of unbranched alkanes of at least 4 members (excludes halogenated alkanes) is 15. The summed E-state index contributed by atoms with van der Waals surface area (Å²) in [5.74, 6) is 0.0342. The maximum absolute atomic E-state index is 10.7. The zero-order valence-corrected chi connectivity index (χ0v) is 18.8. The molecule has 3 heteroatoms. The molecule has 3 nitrogen and oxygen atoms in total. The smallest absolute Gasteiger partial charge is 0.307 e. The molecule has 0 radical (unpaired) electrons. The van der Waals surface area contributed by atoms with Crippen molar-refractivity contribution in [3.8, 4) is 5.75 Å². The number of hydrogen-bond donors (Lipinski definition) is 1. The fourth-order valence-corrected chi connectivity index (χ4v) is 3.72. The van der Waals surface area contributed by atoms with Gasteiger partial charge in [-0.15, -0.1) is 0 Å². The highest BCUT2D eigenvalue weighted by Crippen LogP contribution is 2.15. The minimum atomic E-state index is -0.799. The van der Waals surface area contributed by atoms with Gasteiger partial charge in [-0.25, -0.2) is 0 Å². The van der Waals surface area contributed by atoms with Crippen LogP contribution in [0.15, 0.2) is 24.3 Å². The minimum Gasteiger partial charge on any atom is -0.494 e. The van der Waals surface area contributed by atoms with Crippen molar-refractivity contribution in [1.29, 1.82) is 0 Å². The van der Waals surface area contributed by atoms with E-state index in [-0.39, 0.29) is 6.42 Å². The largest absolute Gasteiger partial charge is 0.494 e. The van der Waals surface area contributed by atoms with Crippen molar-refractivity contribution in [2.75, 3.05) is 6.61 Å². The highest BCUT2D eigenvalue weighted by atomic mass is 16.5. The van der Waals surface area contributed by atoms with Gasteiger partial charge in [-0.3, -0.25) is 4.79 Å². The lowest BCUT2D eigenvalue weighted by Crippen LogP contribution is -2.00. The molecule has 0 saturated heterocycles. The van der Waals surface area contributed by atoms with Gasteiger partial charge < -0.3 is 9.84 Å². The molecule has 0 heterocycles. The monoisotopic (exact) mass is 404 g/mol. The molecular weight excluding hydrogens is 360 g/mol. The molecule has 1 N–H and O–H groups in total. The van der Waals surface area contributed by atoms with E-state index < -0.39 is 5.97 Å². The molecule has 0 unspecified atom stereocenters. The van der Waals surface area contributed by atoms with Crippen molar-refractivity contribution in [2.45, 2.75) is 116 Å². The van der Waals surface area contributed by atoms with E-state index in [9.17, 15) is 4.79 Å². The third-order valence-electron chi connectivity index (χ3n) is 5.55. The fraction of sp³-hybridized carbons (Fsp3) is 0.731. The van der Waals surface area contributed by atoms with Gasteiger partial charge >= 0.3 is 5.97 Å². The Morgan fingerprint density at radius 3 is 1.52 bits per heavy atom. The van der Waals surface area contributed by atoms with Crippen molar-refractivity contribution in [3.05, 3.63) is 29.8 Å². The second kappa shape index (κ2) is 18.5. The zero-order valence-electron chi connectivity index (χ0n) is 18.8. The summed E-state index contributed by atoms with van der Waals surface area (Å²) in [6.45, 7) is 3.03. The molecule has 0 spiro atoms. The second-order valence-electron chi connectivity index (χ2n) is 8.37. The number of carbonyl (C=O) groups is 1. The van der Waals surface area contributed by atoms with Crippen LogP contribution in [0, 0.1) is 0 Å². The van der Waals surface area contributed by atoms with E-state index in [0.29, 0.717) is 0 Å². The molecule has 0 saturated carbocycles. The second-order valence-corrected chi connectivity index (χ2v) is 8.37. The van der Waals surface area contributed by atoms with Gasteiger partial charge in [0.1, 0.15) is 5.75 Å². The first-order valence-corrected chi connectivity index (χ1v) is 12.2. The number of hydrogen-bond acceptors (Lipinski definition) is 2. The Morgan fingerprint density at radius 1 is 0.690 bits per heavy atom. The Hall–Kier alpha value is -1.51. The van der Waals surface area contributed by atoms with Gasteiger partial charge in [-0.05, 0) is 24.1 Å². The first kappa shape index (κ1) is 25.5. The van der Waals surface area contributed by atoms with Crippen molar-refractivity contribution in [3.63, 3.8) is 0 Å². The van der Waals surface area contributed by atoms with E-state index in [1.807, 2.05) is 24.3 Å². The summed E-state index contributed by atoms with van der Waals surface area (Å²) < 4.78 is 5.74. The molecule has 0 fully saturated rings. The molecule has 0 aliphatic carbocycles. The molecule has 1 rings (SSSR count). The number of ether oxygens (including phenoxy) is 1. The predicted molar refractivity (Wildman–Crippen MR) is 123 cm³/mol. The first-order chi connectivity index (χ1) is 14.2. The molecule has 1 aromatic rings. The average Bonchev–Trinajstić information content (AvgIpc) is 2.71. The fourth-order valence-electron chi connectivity index (χ4n) is 3.72. The Kier molecular flexibility index (Phi) is 16.3. The highest BCUT2D eigenvalue weighted by molar-refractivity contribution is 5.70. The normalized spacial score (nSPS) is 10.9. The van der Waals surface area contributed by atoms with Crippen LogP contribution in [-0.4, -0.2) is 17.7 Å². The van der Waals surface area contributed by atoms with E-state index in [4.69, 9.17) is 9.84 Å². The van der Waals surface area contributed by atoms with Crippen LogP contribution in [-0.2, 0) is 11.2 Å². The van der Waals surface area contributed by atoms with Crippen molar-refractivity contribution in [1.82, 2.24) is 0 Å². The van der Waals surface area contributed by atoms with Gasteiger partial charge in [0, 0.05) is 0 Å². The van der Waals surface area contributed by atoms with Gasteiger partial charge in [0.25, 0.3) is 0 Å². The quantitative estimate of drug-likeness (QED) is 0.224. The van der Waals surface area contributed by atoms with Gasteiger partial charge in [0.2, 0.25) is 0 Å². The maximum atomic E-state index is 10.7. The summed E-state index contributed by atoms with van der Waals surface area (Å²) in [6.07, 6.45) is 22.1. The average molecular weight is 405 g/mol. The molecule has 0 amide bonds. The standard InChI is InChI=1S/C26H44O3/c1-2-3-4-5-6-7-8-9-10-11-12-13-14-15-16-17-22-29-25-20-18-24(19-21-25)23-26(27)28/h18-21H,2-17,22-23H2,1H3,(H,27,28). The lowest BCUT2D eigenvalue weighted by molar-refractivity contribution is -0.136. The summed E-state index contributed by atoms with van der Waals surface area (Å²) in [7, 11) is 0. The lowest BCUT2D eigenvalue weighted by Gasteiger charge is -2.07. The number of aliphatic carboxylic acids is 1. The van der Waals surface area contributed by atoms with Crippen LogP contribution in [0.2, 0.25) is 0 Å². The molecular formula is C26H44O3. The third kappa shape index (κ3) is 16.0.